The summed E-state index contributed by atoms with van der Waals surface area (Å²) >= 11 is 1.34. The lowest BCUT2D eigenvalue weighted by atomic mass is 10.1. The molecular formula is C17H19N5O2S. The Balaban J connectivity index is 1.73. The van der Waals surface area contributed by atoms with Crippen LogP contribution in [-0.4, -0.2) is 31.1 Å². The van der Waals surface area contributed by atoms with E-state index in [0.29, 0.717) is 16.7 Å². The van der Waals surface area contributed by atoms with Crippen molar-refractivity contribution in [2.75, 3.05) is 5.32 Å². The number of hydrogen-bond donors (Lipinski definition) is 1. The molecule has 130 valence electrons. The van der Waals surface area contributed by atoms with Crippen LogP contribution >= 0.6 is 11.8 Å². The van der Waals surface area contributed by atoms with Crippen LogP contribution < -0.4 is 5.32 Å². The van der Waals surface area contributed by atoms with Gasteiger partial charge in [-0.1, -0.05) is 41.2 Å². The summed E-state index contributed by atoms with van der Waals surface area (Å²) in [6, 6.07) is 9.68. The first kappa shape index (κ1) is 17.2. The molecule has 3 aromatic rings. The molecule has 8 heteroatoms. The lowest BCUT2D eigenvalue weighted by Crippen LogP contribution is -2.22. The average Bonchev–Trinajstić information content (AvgIpc) is 3.14. The quantitative estimate of drug-likeness (QED) is 0.706. The molecule has 3 rings (SSSR count). The molecule has 2 heterocycles. The first-order chi connectivity index (χ1) is 12.0. The van der Waals surface area contributed by atoms with E-state index in [-0.39, 0.29) is 11.2 Å². The zero-order chi connectivity index (χ0) is 18.0. The number of rotatable bonds is 5. The molecule has 0 aliphatic heterocycles. The van der Waals surface area contributed by atoms with Gasteiger partial charge in [-0.05, 0) is 26.3 Å². The van der Waals surface area contributed by atoms with Crippen molar-refractivity contribution >= 4 is 23.6 Å². The molecule has 1 N–H and O–H groups in total. The predicted octanol–water partition coefficient (Wildman–Crippen LogP) is 3.21. The van der Waals surface area contributed by atoms with Crippen LogP contribution in [0.1, 0.15) is 18.2 Å². The summed E-state index contributed by atoms with van der Waals surface area (Å²) in [6.45, 7) is 5.64. The highest BCUT2D eigenvalue weighted by Crippen LogP contribution is 2.27. The number of anilines is 1. The zero-order valence-electron chi connectivity index (χ0n) is 14.5. The van der Waals surface area contributed by atoms with Crippen LogP contribution in [0.5, 0.6) is 0 Å². The summed E-state index contributed by atoms with van der Waals surface area (Å²) in [4.78, 5) is 12.3. The zero-order valence-corrected chi connectivity index (χ0v) is 15.3. The number of nitrogens with zero attached hydrogens (tertiary/aromatic N) is 4. The van der Waals surface area contributed by atoms with E-state index in [0.717, 1.165) is 17.0 Å². The second-order valence-electron chi connectivity index (χ2n) is 5.76. The monoisotopic (exact) mass is 357 g/mol. The van der Waals surface area contributed by atoms with Gasteiger partial charge in [0.15, 0.2) is 11.0 Å². The number of carbonyl (C=O) groups excluding carboxylic acids is 1. The normalized spacial score (nSPS) is 12.2. The van der Waals surface area contributed by atoms with Crippen LogP contribution in [0.25, 0.3) is 11.4 Å². The maximum atomic E-state index is 12.3. The summed E-state index contributed by atoms with van der Waals surface area (Å²) in [6.07, 6.45) is 0. The van der Waals surface area contributed by atoms with Crippen molar-refractivity contribution in [1.29, 1.82) is 0 Å². The molecule has 7 nitrogen and oxygen atoms in total. The van der Waals surface area contributed by atoms with Crippen molar-refractivity contribution in [3.63, 3.8) is 0 Å². The molecule has 25 heavy (non-hydrogen) atoms. The van der Waals surface area contributed by atoms with E-state index in [9.17, 15) is 4.79 Å². The van der Waals surface area contributed by atoms with Gasteiger partial charge < -0.3 is 9.09 Å². The largest absolute Gasteiger partial charge is 0.338 e. The third kappa shape index (κ3) is 3.74. The molecule has 1 amide bonds. The molecule has 0 saturated heterocycles. The Hall–Kier alpha value is -2.61. The van der Waals surface area contributed by atoms with Gasteiger partial charge in [0, 0.05) is 18.7 Å². The summed E-state index contributed by atoms with van der Waals surface area (Å²) in [7, 11) is 1.90. The van der Waals surface area contributed by atoms with Crippen LogP contribution in [0.15, 0.2) is 40.0 Å². The molecule has 0 fully saturated rings. The van der Waals surface area contributed by atoms with Crippen molar-refractivity contribution in [2.24, 2.45) is 7.05 Å². The van der Waals surface area contributed by atoms with Gasteiger partial charge in [0.25, 0.3) is 0 Å². The van der Waals surface area contributed by atoms with Gasteiger partial charge in [0.2, 0.25) is 11.8 Å². The molecular weight excluding hydrogens is 338 g/mol. The first-order valence-electron chi connectivity index (χ1n) is 7.82. The molecule has 0 spiro atoms. The van der Waals surface area contributed by atoms with Gasteiger partial charge in [0.1, 0.15) is 0 Å². The van der Waals surface area contributed by atoms with Gasteiger partial charge in [-0.2, -0.15) is 0 Å². The Labute approximate surface area is 149 Å². The second kappa shape index (κ2) is 7.10. The minimum absolute atomic E-state index is 0.179. The Morgan fingerprint density at radius 3 is 2.72 bits per heavy atom. The van der Waals surface area contributed by atoms with Crippen LogP contribution in [0.3, 0.4) is 0 Å². The highest BCUT2D eigenvalue weighted by molar-refractivity contribution is 8.00. The smallest absolute Gasteiger partial charge is 0.240 e. The number of aromatic nitrogens is 4. The Bertz CT molecular complexity index is 902. The topological polar surface area (TPSA) is 85.8 Å². The number of nitrogens with one attached hydrogen (secondary N) is 1. The molecule has 1 aromatic carbocycles. The fourth-order valence-electron chi connectivity index (χ4n) is 2.33. The summed E-state index contributed by atoms with van der Waals surface area (Å²) in [5, 5.41) is 15.3. The van der Waals surface area contributed by atoms with Crippen LogP contribution in [-0.2, 0) is 11.8 Å². The maximum absolute atomic E-state index is 12.3. The Morgan fingerprint density at radius 1 is 1.28 bits per heavy atom. The van der Waals surface area contributed by atoms with Crippen molar-refractivity contribution in [2.45, 2.75) is 31.2 Å². The molecule has 0 aliphatic carbocycles. The Morgan fingerprint density at radius 2 is 2.04 bits per heavy atom. The summed E-state index contributed by atoms with van der Waals surface area (Å²) in [5.41, 5.74) is 2.87. The Kier molecular flexibility index (Phi) is 4.89. The number of thioether (sulfide) groups is 1. The minimum atomic E-state index is -0.363. The van der Waals surface area contributed by atoms with E-state index >= 15 is 0 Å². The average molecular weight is 357 g/mol. The van der Waals surface area contributed by atoms with Crippen molar-refractivity contribution in [1.82, 2.24) is 19.9 Å². The number of aryl methyl sites for hydroxylation is 2. The van der Waals surface area contributed by atoms with Crippen molar-refractivity contribution < 1.29 is 9.32 Å². The van der Waals surface area contributed by atoms with E-state index in [4.69, 9.17) is 4.52 Å². The molecule has 0 aliphatic rings. The van der Waals surface area contributed by atoms with Gasteiger partial charge in [0.05, 0.1) is 10.9 Å². The minimum Gasteiger partial charge on any atom is -0.338 e. The molecule has 0 bridgehead atoms. The molecule has 0 radical (unpaired) electrons. The highest BCUT2D eigenvalue weighted by Gasteiger charge is 2.20. The lowest BCUT2D eigenvalue weighted by Gasteiger charge is -2.10. The molecule has 0 saturated carbocycles. The molecule has 1 atom stereocenters. The van der Waals surface area contributed by atoms with Gasteiger partial charge in [-0.3, -0.25) is 10.1 Å². The van der Waals surface area contributed by atoms with Crippen molar-refractivity contribution in [3.05, 3.63) is 41.6 Å². The number of hydrogen-bond acceptors (Lipinski definition) is 6. The standard InChI is InChI=1S/C17H19N5O2S/c1-10-7-5-6-8-13(10)15-19-20-17(22(15)4)25-12(3)16(23)18-14-9-11(2)21-24-14/h5-9,12H,1-4H3,(H,18,23). The number of amides is 1. The van der Waals surface area contributed by atoms with Gasteiger partial charge >= 0.3 is 0 Å². The molecule has 2 aromatic heterocycles. The van der Waals surface area contributed by atoms with Gasteiger partial charge in [-0.15, -0.1) is 10.2 Å². The van der Waals surface area contributed by atoms with E-state index in [1.807, 2.05) is 49.7 Å². The predicted molar refractivity (Wildman–Crippen MR) is 96.4 cm³/mol. The van der Waals surface area contributed by atoms with Crippen LogP contribution in [0.2, 0.25) is 0 Å². The van der Waals surface area contributed by atoms with E-state index in [1.165, 1.54) is 11.8 Å². The highest BCUT2D eigenvalue weighted by atomic mass is 32.2. The fourth-order valence-corrected chi connectivity index (χ4v) is 3.15. The first-order valence-corrected chi connectivity index (χ1v) is 8.70. The van der Waals surface area contributed by atoms with Crippen LogP contribution in [0.4, 0.5) is 5.88 Å². The maximum Gasteiger partial charge on any atom is 0.240 e. The van der Waals surface area contributed by atoms with E-state index in [2.05, 4.69) is 20.7 Å². The SMILES string of the molecule is Cc1cc(NC(=O)C(C)Sc2nnc(-c3ccccc3C)n2C)on1. The van der Waals surface area contributed by atoms with Crippen LogP contribution in [0, 0.1) is 13.8 Å². The lowest BCUT2D eigenvalue weighted by molar-refractivity contribution is -0.115. The summed E-state index contributed by atoms with van der Waals surface area (Å²) < 4.78 is 6.91. The van der Waals surface area contributed by atoms with E-state index < -0.39 is 0 Å². The molecule has 1 unspecified atom stereocenters. The third-order valence-electron chi connectivity index (χ3n) is 3.75. The third-order valence-corrected chi connectivity index (χ3v) is 4.88. The fraction of sp³-hybridized carbons (Fsp3) is 0.294. The second-order valence-corrected chi connectivity index (χ2v) is 7.07. The van der Waals surface area contributed by atoms with E-state index in [1.54, 1.807) is 13.0 Å². The van der Waals surface area contributed by atoms with Crippen molar-refractivity contribution in [3.8, 4) is 11.4 Å². The van der Waals surface area contributed by atoms with Gasteiger partial charge in [-0.25, -0.2) is 0 Å². The number of benzene rings is 1. The number of carbonyl (C=O) groups is 1. The summed E-state index contributed by atoms with van der Waals surface area (Å²) in [5.74, 6) is 0.939.